The molecule has 5 heteroatoms. The van der Waals surface area contributed by atoms with Crippen molar-refractivity contribution in [3.63, 3.8) is 0 Å². The molecule has 1 aliphatic rings. The fraction of sp³-hybridized carbons (Fsp3) is 0.833. The molecule has 0 aromatic carbocycles. The quantitative estimate of drug-likeness (QED) is 0.877. The van der Waals surface area contributed by atoms with Gasteiger partial charge in [-0.15, -0.1) is 0 Å². The van der Waals surface area contributed by atoms with Crippen molar-refractivity contribution in [1.29, 1.82) is 0 Å². The Morgan fingerprint density at radius 3 is 3.00 bits per heavy atom. The maximum absolute atomic E-state index is 5.95. The highest BCUT2D eigenvalue weighted by Crippen LogP contribution is 2.28. The van der Waals surface area contributed by atoms with E-state index in [1.807, 2.05) is 0 Å². The molecule has 96 valence electrons. The third-order valence-corrected chi connectivity index (χ3v) is 3.96. The minimum absolute atomic E-state index is 0.246. The van der Waals surface area contributed by atoms with Crippen LogP contribution in [0.25, 0.3) is 0 Å². The molecule has 0 amide bonds. The molecule has 1 aromatic heterocycles. The van der Waals surface area contributed by atoms with E-state index in [4.69, 9.17) is 10.5 Å². The van der Waals surface area contributed by atoms with Crippen molar-refractivity contribution >= 4 is 11.5 Å². The molecule has 0 spiro atoms. The second kappa shape index (κ2) is 6.31. The Labute approximate surface area is 107 Å². The van der Waals surface area contributed by atoms with Crippen LogP contribution in [0.1, 0.15) is 44.9 Å². The highest BCUT2D eigenvalue weighted by molar-refractivity contribution is 7.07. The molecule has 4 nitrogen and oxygen atoms in total. The first kappa shape index (κ1) is 12.8. The van der Waals surface area contributed by atoms with Crippen molar-refractivity contribution in [2.24, 2.45) is 11.7 Å². The van der Waals surface area contributed by atoms with E-state index in [0.29, 0.717) is 12.5 Å². The first-order valence-electron chi connectivity index (χ1n) is 6.52. The number of nitrogens with zero attached hydrogens (tertiary/aromatic N) is 2. The van der Waals surface area contributed by atoms with Crippen LogP contribution in [0.15, 0.2) is 0 Å². The van der Waals surface area contributed by atoms with E-state index in [2.05, 4.69) is 16.3 Å². The lowest BCUT2D eigenvalue weighted by Crippen LogP contribution is -2.35. The zero-order valence-electron chi connectivity index (χ0n) is 10.4. The van der Waals surface area contributed by atoms with Crippen LogP contribution in [-0.2, 0) is 6.42 Å². The monoisotopic (exact) mass is 255 g/mol. The van der Waals surface area contributed by atoms with E-state index < -0.39 is 0 Å². The summed E-state index contributed by atoms with van der Waals surface area (Å²) in [5.41, 5.74) is 5.79. The molecule has 1 aliphatic carbocycles. The Morgan fingerprint density at radius 2 is 2.24 bits per heavy atom. The van der Waals surface area contributed by atoms with Crippen LogP contribution in [0.2, 0.25) is 0 Å². The van der Waals surface area contributed by atoms with Crippen molar-refractivity contribution in [3.8, 4) is 5.19 Å². The predicted octanol–water partition coefficient (Wildman–Crippen LogP) is 2.39. The van der Waals surface area contributed by atoms with Gasteiger partial charge in [0.15, 0.2) is 0 Å². The van der Waals surface area contributed by atoms with Crippen LogP contribution in [0.4, 0.5) is 0 Å². The van der Waals surface area contributed by atoms with Gasteiger partial charge in [-0.1, -0.05) is 13.3 Å². The standard InChI is InChI=1S/C12H21N3OS/c1-2-5-11-14-12(17-15-11)16-10-7-4-3-6-9(10)8-13/h9-10H,2-8,13H2,1H3. The van der Waals surface area contributed by atoms with Crippen LogP contribution < -0.4 is 10.5 Å². The van der Waals surface area contributed by atoms with Gasteiger partial charge in [-0.25, -0.2) is 0 Å². The van der Waals surface area contributed by atoms with Gasteiger partial charge in [-0.2, -0.15) is 9.36 Å². The average molecular weight is 255 g/mol. The molecule has 2 rings (SSSR count). The second-order valence-corrected chi connectivity index (χ2v) is 5.38. The van der Waals surface area contributed by atoms with Crippen molar-refractivity contribution in [1.82, 2.24) is 9.36 Å². The van der Waals surface area contributed by atoms with Gasteiger partial charge < -0.3 is 10.5 Å². The smallest absolute Gasteiger partial charge is 0.293 e. The highest BCUT2D eigenvalue weighted by Gasteiger charge is 2.26. The highest BCUT2D eigenvalue weighted by atomic mass is 32.1. The minimum Gasteiger partial charge on any atom is -0.465 e. The van der Waals surface area contributed by atoms with E-state index in [9.17, 15) is 0 Å². The van der Waals surface area contributed by atoms with Crippen molar-refractivity contribution in [2.45, 2.75) is 51.6 Å². The van der Waals surface area contributed by atoms with E-state index in [1.54, 1.807) is 0 Å². The Balaban J connectivity index is 1.93. The first-order valence-corrected chi connectivity index (χ1v) is 7.30. The molecule has 1 fully saturated rings. The first-order chi connectivity index (χ1) is 8.33. The average Bonchev–Trinajstić information content (AvgIpc) is 2.78. The van der Waals surface area contributed by atoms with Gasteiger partial charge in [0.2, 0.25) is 0 Å². The number of aromatic nitrogens is 2. The largest absolute Gasteiger partial charge is 0.465 e. The van der Waals surface area contributed by atoms with Crippen molar-refractivity contribution < 1.29 is 4.74 Å². The summed E-state index contributed by atoms with van der Waals surface area (Å²) in [5, 5.41) is 0.721. The van der Waals surface area contributed by atoms with Crippen LogP contribution >= 0.6 is 11.5 Å². The third kappa shape index (κ3) is 3.39. The summed E-state index contributed by atoms with van der Waals surface area (Å²) < 4.78 is 10.2. The van der Waals surface area contributed by atoms with Crippen LogP contribution in [0.3, 0.4) is 0 Å². The maximum atomic E-state index is 5.95. The molecule has 0 saturated heterocycles. The van der Waals surface area contributed by atoms with E-state index in [1.165, 1.54) is 30.8 Å². The van der Waals surface area contributed by atoms with Gasteiger partial charge in [-0.3, -0.25) is 0 Å². The van der Waals surface area contributed by atoms with Gasteiger partial charge >= 0.3 is 0 Å². The lowest BCUT2D eigenvalue weighted by Gasteiger charge is -2.29. The summed E-state index contributed by atoms with van der Waals surface area (Å²) in [5.74, 6) is 1.40. The van der Waals surface area contributed by atoms with Crippen LogP contribution in [-0.4, -0.2) is 22.0 Å². The Morgan fingerprint density at radius 1 is 1.41 bits per heavy atom. The summed E-state index contributed by atoms with van der Waals surface area (Å²) in [4.78, 5) is 4.41. The number of aryl methyl sites for hydroxylation is 1. The Bertz CT molecular complexity index is 342. The molecule has 0 radical (unpaired) electrons. The minimum atomic E-state index is 0.246. The molecular weight excluding hydrogens is 234 g/mol. The number of hydrogen-bond acceptors (Lipinski definition) is 5. The molecule has 2 unspecified atom stereocenters. The Kier molecular flexibility index (Phi) is 4.74. The molecule has 0 bridgehead atoms. The fourth-order valence-electron chi connectivity index (χ4n) is 2.34. The molecular formula is C12H21N3OS. The number of ether oxygens (including phenoxy) is 1. The molecule has 1 saturated carbocycles. The summed E-state index contributed by atoms with van der Waals surface area (Å²) in [6.07, 6.45) is 7.05. The number of nitrogens with two attached hydrogens (primary N) is 1. The van der Waals surface area contributed by atoms with Crippen LogP contribution in [0.5, 0.6) is 5.19 Å². The van der Waals surface area contributed by atoms with Gasteiger partial charge in [-0.05, 0) is 32.2 Å². The predicted molar refractivity (Wildman–Crippen MR) is 69.3 cm³/mol. The van der Waals surface area contributed by atoms with Crippen LogP contribution in [0, 0.1) is 5.92 Å². The zero-order chi connectivity index (χ0) is 12.1. The molecule has 2 atom stereocenters. The summed E-state index contributed by atoms with van der Waals surface area (Å²) >= 11 is 1.37. The van der Waals surface area contributed by atoms with Gasteiger partial charge in [0.25, 0.3) is 5.19 Å². The van der Waals surface area contributed by atoms with E-state index >= 15 is 0 Å². The van der Waals surface area contributed by atoms with Crippen molar-refractivity contribution in [2.75, 3.05) is 6.54 Å². The summed E-state index contributed by atoms with van der Waals surface area (Å²) in [6, 6.07) is 0. The van der Waals surface area contributed by atoms with Gasteiger partial charge in [0, 0.05) is 23.9 Å². The van der Waals surface area contributed by atoms with Gasteiger partial charge in [0.1, 0.15) is 11.9 Å². The van der Waals surface area contributed by atoms with E-state index in [-0.39, 0.29) is 6.10 Å². The molecule has 0 aliphatic heterocycles. The zero-order valence-corrected chi connectivity index (χ0v) is 11.2. The number of hydrogen-bond donors (Lipinski definition) is 1. The lowest BCUT2D eigenvalue weighted by molar-refractivity contribution is 0.0965. The molecule has 2 N–H and O–H groups in total. The molecule has 17 heavy (non-hydrogen) atoms. The summed E-state index contributed by atoms with van der Waals surface area (Å²) in [6.45, 7) is 2.85. The SMILES string of the molecule is CCCc1nsc(OC2CCCCC2CN)n1. The normalized spacial score (nSPS) is 24.8. The topological polar surface area (TPSA) is 61.0 Å². The number of rotatable bonds is 5. The molecule has 1 aromatic rings. The summed E-state index contributed by atoms with van der Waals surface area (Å²) in [7, 11) is 0. The van der Waals surface area contributed by atoms with E-state index in [0.717, 1.165) is 30.3 Å². The molecule has 1 heterocycles. The third-order valence-electron chi connectivity index (χ3n) is 3.32. The lowest BCUT2D eigenvalue weighted by atomic mass is 9.86. The Hall–Kier alpha value is -0.680. The second-order valence-electron chi connectivity index (χ2n) is 4.66. The fourth-order valence-corrected chi connectivity index (χ4v) is 2.97. The van der Waals surface area contributed by atoms with Crippen molar-refractivity contribution in [3.05, 3.63) is 5.82 Å². The van der Waals surface area contributed by atoms with Gasteiger partial charge in [0.05, 0.1) is 0 Å². The maximum Gasteiger partial charge on any atom is 0.293 e.